The summed E-state index contributed by atoms with van der Waals surface area (Å²) in [6.07, 6.45) is 4.56. The monoisotopic (exact) mass is 420 g/mol. The molecule has 31 heavy (non-hydrogen) atoms. The highest BCUT2D eigenvalue weighted by Crippen LogP contribution is 2.36. The van der Waals surface area contributed by atoms with Gasteiger partial charge in [0.2, 0.25) is 12.7 Å². The Balaban J connectivity index is 1.28. The molecule has 5 rings (SSSR count). The van der Waals surface area contributed by atoms with Gasteiger partial charge in [-0.1, -0.05) is 0 Å². The minimum absolute atomic E-state index is 0.0173. The van der Waals surface area contributed by atoms with Crippen LogP contribution in [0.1, 0.15) is 12.8 Å². The summed E-state index contributed by atoms with van der Waals surface area (Å²) < 4.78 is 10.7. The smallest absolute Gasteiger partial charge is 0.278 e. The van der Waals surface area contributed by atoms with Gasteiger partial charge in [-0.25, -0.2) is 0 Å². The minimum Gasteiger partial charge on any atom is -0.454 e. The Labute approximate surface area is 177 Å². The van der Waals surface area contributed by atoms with Gasteiger partial charge in [0.1, 0.15) is 0 Å². The van der Waals surface area contributed by atoms with E-state index in [4.69, 9.17) is 9.47 Å². The largest absolute Gasteiger partial charge is 0.454 e. The molecule has 0 radical (unpaired) electrons. The third-order valence-corrected chi connectivity index (χ3v) is 5.82. The van der Waals surface area contributed by atoms with Crippen molar-refractivity contribution >= 4 is 33.7 Å². The van der Waals surface area contributed by atoms with Crippen LogP contribution < -0.4 is 19.7 Å². The molecule has 1 amide bonds. The Morgan fingerprint density at radius 3 is 2.71 bits per heavy atom. The zero-order chi connectivity index (χ0) is 21.4. The SMILES string of the molecule is O=C(Nc1ccc2c(c1)OCO2)C1CCN(c2ccc([N+](=O)[O-])c3cnccc23)CC1. The number of fused-ring (bicyclic) bond motifs is 2. The van der Waals surface area contributed by atoms with Crippen molar-refractivity contribution in [3.8, 4) is 11.5 Å². The summed E-state index contributed by atoms with van der Waals surface area (Å²) in [7, 11) is 0. The zero-order valence-corrected chi connectivity index (χ0v) is 16.6. The number of anilines is 2. The number of non-ortho nitro benzene ring substituents is 1. The predicted octanol–water partition coefficient (Wildman–Crippen LogP) is 3.73. The van der Waals surface area contributed by atoms with Crippen LogP contribution in [0, 0.1) is 16.0 Å². The first kappa shape index (κ1) is 19.1. The van der Waals surface area contributed by atoms with E-state index in [-0.39, 0.29) is 29.2 Å². The Morgan fingerprint density at radius 2 is 1.90 bits per heavy atom. The molecule has 2 aliphatic rings. The third kappa shape index (κ3) is 3.58. The van der Waals surface area contributed by atoms with E-state index >= 15 is 0 Å². The standard InChI is InChI=1S/C22H20N4O5/c27-22(24-15-1-4-20-21(11-15)31-13-30-20)14-6-9-25(10-7-14)18-2-3-19(26(28)29)17-12-23-8-5-16(17)18/h1-5,8,11-12,14H,6-7,9-10,13H2,(H,24,27). The minimum atomic E-state index is -0.388. The van der Waals surface area contributed by atoms with E-state index in [2.05, 4.69) is 15.2 Å². The molecule has 2 aromatic carbocycles. The lowest BCUT2D eigenvalue weighted by Crippen LogP contribution is -2.38. The number of nitrogens with one attached hydrogen (secondary N) is 1. The number of hydrogen-bond donors (Lipinski definition) is 1. The summed E-state index contributed by atoms with van der Waals surface area (Å²) in [6.45, 7) is 1.57. The van der Waals surface area contributed by atoms with E-state index in [0.29, 0.717) is 48.5 Å². The van der Waals surface area contributed by atoms with Gasteiger partial charge in [0.05, 0.1) is 10.3 Å². The maximum atomic E-state index is 12.8. The number of nitro benzene ring substituents is 1. The van der Waals surface area contributed by atoms with Crippen molar-refractivity contribution in [2.45, 2.75) is 12.8 Å². The number of rotatable bonds is 4. The van der Waals surface area contributed by atoms with Gasteiger partial charge in [0.15, 0.2) is 11.5 Å². The quantitative estimate of drug-likeness (QED) is 0.506. The van der Waals surface area contributed by atoms with Gasteiger partial charge >= 0.3 is 0 Å². The number of nitro groups is 1. The van der Waals surface area contributed by atoms with Crippen LogP contribution in [0.25, 0.3) is 10.8 Å². The van der Waals surface area contributed by atoms with E-state index < -0.39 is 0 Å². The van der Waals surface area contributed by atoms with E-state index in [0.717, 1.165) is 11.1 Å². The van der Waals surface area contributed by atoms with Crippen LogP contribution in [-0.2, 0) is 4.79 Å². The van der Waals surface area contributed by atoms with Crippen LogP contribution in [0.3, 0.4) is 0 Å². The number of aromatic nitrogens is 1. The van der Waals surface area contributed by atoms with E-state index in [1.54, 1.807) is 36.5 Å². The first-order valence-corrected chi connectivity index (χ1v) is 10.1. The number of hydrogen-bond acceptors (Lipinski definition) is 7. The third-order valence-electron chi connectivity index (χ3n) is 5.82. The maximum Gasteiger partial charge on any atom is 0.278 e. The van der Waals surface area contributed by atoms with Gasteiger partial charge in [0, 0.05) is 60.3 Å². The van der Waals surface area contributed by atoms with Gasteiger partial charge in [-0.05, 0) is 37.1 Å². The summed E-state index contributed by atoms with van der Waals surface area (Å²) >= 11 is 0. The number of ether oxygens (including phenoxy) is 2. The highest BCUT2D eigenvalue weighted by molar-refractivity contribution is 5.99. The van der Waals surface area contributed by atoms with Crippen molar-refractivity contribution in [1.29, 1.82) is 0 Å². The normalized spacial score (nSPS) is 15.8. The lowest BCUT2D eigenvalue weighted by atomic mass is 9.94. The van der Waals surface area contributed by atoms with Crippen LogP contribution in [0.5, 0.6) is 11.5 Å². The Hall–Kier alpha value is -3.88. The first-order valence-electron chi connectivity index (χ1n) is 10.1. The zero-order valence-electron chi connectivity index (χ0n) is 16.6. The van der Waals surface area contributed by atoms with Crippen LogP contribution in [0.2, 0.25) is 0 Å². The average molecular weight is 420 g/mol. The van der Waals surface area contributed by atoms with Gasteiger partial charge in [0.25, 0.3) is 5.69 Å². The van der Waals surface area contributed by atoms with Crippen LogP contribution in [-0.4, -0.2) is 35.7 Å². The molecule has 1 saturated heterocycles. The van der Waals surface area contributed by atoms with Crippen molar-refractivity contribution in [3.63, 3.8) is 0 Å². The molecule has 0 spiro atoms. The van der Waals surface area contributed by atoms with Crippen LogP contribution in [0.4, 0.5) is 17.1 Å². The highest BCUT2D eigenvalue weighted by atomic mass is 16.7. The molecule has 9 nitrogen and oxygen atoms in total. The summed E-state index contributed by atoms with van der Waals surface area (Å²) in [4.78, 5) is 29.9. The number of piperidine rings is 1. The molecule has 0 atom stereocenters. The number of carbonyl (C=O) groups excluding carboxylic acids is 1. The van der Waals surface area contributed by atoms with Crippen molar-refractivity contribution < 1.29 is 19.2 Å². The molecule has 3 heterocycles. The molecule has 2 aliphatic heterocycles. The van der Waals surface area contributed by atoms with Gasteiger partial charge < -0.3 is 19.7 Å². The molecule has 1 aromatic heterocycles. The fourth-order valence-corrected chi connectivity index (χ4v) is 4.20. The lowest BCUT2D eigenvalue weighted by molar-refractivity contribution is -0.383. The Morgan fingerprint density at radius 1 is 1.10 bits per heavy atom. The summed E-state index contributed by atoms with van der Waals surface area (Å²) in [6, 6.07) is 10.5. The fourth-order valence-electron chi connectivity index (χ4n) is 4.20. The molecule has 0 unspecified atom stereocenters. The number of amides is 1. The van der Waals surface area contributed by atoms with Crippen molar-refractivity contribution in [2.24, 2.45) is 5.92 Å². The van der Waals surface area contributed by atoms with Gasteiger partial charge in [-0.2, -0.15) is 0 Å². The number of carbonyl (C=O) groups is 1. The highest BCUT2D eigenvalue weighted by Gasteiger charge is 2.27. The molecule has 3 aromatic rings. The van der Waals surface area contributed by atoms with Gasteiger partial charge in [-0.15, -0.1) is 0 Å². The van der Waals surface area contributed by atoms with Gasteiger partial charge in [-0.3, -0.25) is 19.9 Å². The predicted molar refractivity (Wildman–Crippen MR) is 115 cm³/mol. The van der Waals surface area contributed by atoms with Crippen molar-refractivity contribution in [1.82, 2.24) is 4.98 Å². The Kier molecular flexibility index (Phi) is 4.78. The molecule has 0 bridgehead atoms. The molecule has 9 heteroatoms. The number of benzene rings is 2. The summed E-state index contributed by atoms with van der Waals surface area (Å²) in [5.41, 5.74) is 1.66. The molecular formula is C22H20N4O5. The summed E-state index contributed by atoms with van der Waals surface area (Å²) in [5, 5.41) is 15.6. The topological polar surface area (TPSA) is 107 Å². The maximum absolute atomic E-state index is 12.8. The van der Waals surface area contributed by atoms with E-state index in [1.807, 2.05) is 0 Å². The molecular weight excluding hydrogens is 400 g/mol. The van der Waals surface area contributed by atoms with Crippen LogP contribution >= 0.6 is 0 Å². The van der Waals surface area contributed by atoms with E-state index in [9.17, 15) is 14.9 Å². The summed E-state index contributed by atoms with van der Waals surface area (Å²) in [5.74, 6) is 1.19. The number of pyridine rings is 1. The molecule has 0 saturated carbocycles. The second-order valence-electron chi connectivity index (χ2n) is 7.60. The average Bonchev–Trinajstić information content (AvgIpc) is 3.26. The molecule has 0 aliphatic carbocycles. The fraction of sp³-hybridized carbons (Fsp3) is 0.273. The molecule has 1 N–H and O–H groups in total. The Bertz CT molecular complexity index is 1170. The van der Waals surface area contributed by atoms with Crippen molar-refractivity contribution in [3.05, 3.63) is 58.9 Å². The molecule has 158 valence electrons. The second-order valence-corrected chi connectivity index (χ2v) is 7.60. The van der Waals surface area contributed by atoms with E-state index in [1.165, 1.54) is 12.3 Å². The van der Waals surface area contributed by atoms with Crippen molar-refractivity contribution in [2.75, 3.05) is 30.1 Å². The molecule has 1 fully saturated rings. The number of nitrogens with zero attached hydrogens (tertiary/aromatic N) is 3. The van der Waals surface area contributed by atoms with Crippen LogP contribution in [0.15, 0.2) is 48.8 Å². The second kappa shape index (κ2) is 7.75. The lowest BCUT2D eigenvalue weighted by Gasteiger charge is -2.33. The first-order chi connectivity index (χ1) is 15.1.